The zero-order chi connectivity index (χ0) is 37.8. The number of ether oxygens (including phenoxy) is 1. The maximum absolute atomic E-state index is 14.2. The molecule has 0 radical (unpaired) electrons. The minimum absolute atomic E-state index is 0.0557. The molecule has 7 rings (SSSR count). The number of aromatic nitrogens is 2. The Kier molecular flexibility index (Phi) is 10.7. The SMILES string of the molecule is CC(C)C(Cl)OC(=O)N1CCC[C@@H](C(=O)Nc2nn(C(c3ccccc3)(c3ccccc3)c3ccccc3)c3ccc(-c4cc(C#N)ccc4Cl)cc23)C1. The van der Waals surface area contributed by atoms with E-state index in [0.29, 0.717) is 46.7 Å². The Morgan fingerprint density at radius 3 is 2.07 bits per heavy atom. The number of halogens is 2. The van der Waals surface area contributed by atoms with Gasteiger partial charge in [0, 0.05) is 35.0 Å². The van der Waals surface area contributed by atoms with Crippen molar-refractivity contribution < 1.29 is 14.3 Å². The molecule has 0 spiro atoms. The number of benzene rings is 5. The van der Waals surface area contributed by atoms with Gasteiger partial charge in [-0.2, -0.15) is 10.4 Å². The Morgan fingerprint density at radius 2 is 1.50 bits per heavy atom. The molecule has 5 aromatic carbocycles. The molecule has 1 aromatic heterocycles. The Morgan fingerprint density at radius 1 is 0.889 bits per heavy atom. The number of carbonyl (C=O) groups excluding carboxylic acids is 2. The highest BCUT2D eigenvalue weighted by Gasteiger charge is 2.41. The highest BCUT2D eigenvalue weighted by atomic mass is 35.5. The lowest BCUT2D eigenvalue weighted by molar-refractivity contribution is -0.121. The van der Waals surface area contributed by atoms with Crippen LogP contribution in [0.5, 0.6) is 0 Å². The van der Waals surface area contributed by atoms with Gasteiger partial charge in [0.25, 0.3) is 0 Å². The third-order valence-corrected chi connectivity index (χ3v) is 10.9. The molecule has 0 aliphatic carbocycles. The van der Waals surface area contributed by atoms with Crippen LogP contribution < -0.4 is 5.32 Å². The lowest BCUT2D eigenvalue weighted by Gasteiger charge is -2.37. The number of rotatable bonds is 9. The van der Waals surface area contributed by atoms with E-state index in [1.807, 2.05) is 91.3 Å². The summed E-state index contributed by atoms with van der Waals surface area (Å²) in [6, 6.07) is 43.9. The van der Waals surface area contributed by atoms with Crippen LogP contribution in [0.4, 0.5) is 10.6 Å². The van der Waals surface area contributed by atoms with Gasteiger partial charge >= 0.3 is 6.09 Å². The summed E-state index contributed by atoms with van der Waals surface area (Å²) in [5.41, 5.74) is 3.86. The van der Waals surface area contributed by atoms with Crippen LogP contribution >= 0.6 is 23.2 Å². The van der Waals surface area contributed by atoms with E-state index in [-0.39, 0.29) is 18.4 Å². The quantitative estimate of drug-likeness (QED) is 0.117. The Hall–Kier alpha value is -5.62. The Labute approximate surface area is 324 Å². The van der Waals surface area contributed by atoms with Crippen LogP contribution in [-0.2, 0) is 15.1 Å². The molecule has 8 nitrogen and oxygen atoms in total. The van der Waals surface area contributed by atoms with E-state index < -0.39 is 23.1 Å². The van der Waals surface area contributed by atoms with E-state index in [1.54, 1.807) is 23.1 Å². The number of hydrogen-bond donors (Lipinski definition) is 1. The topological polar surface area (TPSA) is 100 Å². The minimum Gasteiger partial charge on any atom is -0.429 e. The first-order valence-corrected chi connectivity index (χ1v) is 18.8. The third-order valence-electron chi connectivity index (χ3n) is 10.0. The van der Waals surface area contributed by atoms with Gasteiger partial charge in [0.2, 0.25) is 5.91 Å². The van der Waals surface area contributed by atoms with Crippen molar-refractivity contribution in [1.29, 1.82) is 5.26 Å². The third kappa shape index (κ3) is 7.05. The van der Waals surface area contributed by atoms with Crippen LogP contribution in [-0.4, -0.2) is 45.3 Å². The zero-order valence-electron chi connectivity index (χ0n) is 30.0. The van der Waals surface area contributed by atoms with Crippen molar-refractivity contribution in [3.05, 3.63) is 155 Å². The van der Waals surface area contributed by atoms with Crippen LogP contribution in [0, 0.1) is 23.2 Å². The molecule has 10 heteroatoms. The van der Waals surface area contributed by atoms with Gasteiger partial charge in [0.1, 0.15) is 5.54 Å². The molecule has 2 atom stereocenters. The standard InChI is InChI=1S/C44H39Cl2N5O3/c1-29(2)40(46)54-43(53)50-24-12-13-32(28-50)42(52)48-41-37-26-31(36-25-30(27-47)20-22-38(36)45)21-23-39(37)51(49-41)44(33-14-6-3-7-15-33,34-16-8-4-9-17-34)35-18-10-5-11-19-35/h3-11,14-23,25-26,29,32,40H,12-13,24,28H2,1-2H3,(H,48,49,52)/t32-,40?/m1/s1. The van der Waals surface area contributed by atoms with Crippen molar-refractivity contribution in [1.82, 2.24) is 14.7 Å². The molecule has 1 unspecified atom stereocenters. The van der Waals surface area contributed by atoms with Crippen molar-refractivity contribution in [3.63, 3.8) is 0 Å². The van der Waals surface area contributed by atoms with E-state index in [4.69, 9.17) is 33.0 Å². The van der Waals surface area contributed by atoms with Crippen LogP contribution in [0.1, 0.15) is 48.9 Å². The smallest absolute Gasteiger partial charge is 0.411 e. The summed E-state index contributed by atoms with van der Waals surface area (Å²) in [5, 5.41) is 19.3. The molecule has 2 amide bonds. The van der Waals surface area contributed by atoms with Gasteiger partial charge in [-0.3, -0.25) is 4.79 Å². The monoisotopic (exact) mass is 755 g/mol. The molecule has 2 heterocycles. The van der Waals surface area contributed by atoms with Gasteiger partial charge in [0.05, 0.1) is 23.1 Å². The summed E-state index contributed by atoms with van der Waals surface area (Å²) < 4.78 is 7.47. The number of hydrogen-bond acceptors (Lipinski definition) is 5. The maximum atomic E-state index is 14.2. The van der Waals surface area contributed by atoms with Gasteiger partial charge < -0.3 is 15.0 Å². The van der Waals surface area contributed by atoms with Crippen LogP contribution in [0.2, 0.25) is 5.02 Å². The van der Waals surface area contributed by atoms with Crippen LogP contribution in [0.3, 0.4) is 0 Å². The van der Waals surface area contributed by atoms with Crippen LogP contribution in [0.15, 0.2) is 127 Å². The number of carbonyl (C=O) groups is 2. The zero-order valence-corrected chi connectivity index (χ0v) is 31.5. The molecule has 1 fully saturated rings. The number of fused-ring (bicyclic) bond motifs is 1. The fraction of sp³-hybridized carbons (Fsp3) is 0.227. The molecule has 6 aromatic rings. The van der Waals surface area contributed by atoms with Gasteiger partial charge in [-0.1, -0.05) is 134 Å². The molecule has 1 N–H and O–H groups in total. The number of nitrogens with zero attached hydrogens (tertiary/aromatic N) is 4. The lowest BCUT2D eigenvalue weighted by atomic mass is 9.77. The molecule has 272 valence electrons. The number of likely N-dealkylation sites (tertiary alicyclic amines) is 1. The van der Waals surface area contributed by atoms with Gasteiger partial charge in [0.15, 0.2) is 11.4 Å². The molecule has 1 aliphatic rings. The van der Waals surface area contributed by atoms with E-state index in [1.165, 1.54) is 0 Å². The minimum atomic E-state index is -0.967. The predicted octanol–water partition coefficient (Wildman–Crippen LogP) is 10.1. The maximum Gasteiger partial charge on any atom is 0.411 e. The lowest BCUT2D eigenvalue weighted by Crippen LogP contribution is -2.45. The van der Waals surface area contributed by atoms with E-state index in [2.05, 4.69) is 47.8 Å². The van der Waals surface area contributed by atoms with Crippen LogP contribution in [0.25, 0.3) is 22.0 Å². The van der Waals surface area contributed by atoms with E-state index in [0.717, 1.165) is 27.8 Å². The first-order valence-electron chi connectivity index (χ1n) is 18.0. The van der Waals surface area contributed by atoms with Gasteiger partial charge in [-0.15, -0.1) is 0 Å². The molecule has 1 aliphatic heterocycles. The predicted molar refractivity (Wildman–Crippen MR) is 213 cm³/mol. The first-order chi connectivity index (χ1) is 26.2. The number of piperidine rings is 1. The Balaban J connectivity index is 1.40. The van der Waals surface area contributed by atoms with Crippen molar-refractivity contribution in [3.8, 4) is 17.2 Å². The number of amides is 2. The second-order valence-corrected chi connectivity index (χ2v) is 14.7. The molecule has 1 saturated heterocycles. The largest absolute Gasteiger partial charge is 0.429 e. The second kappa shape index (κ2) is 15.8. The molecule has 0 bridgehead atoms. The highest BCUT2D eigenvalue weighted by molar-refractivity contribution is 6.33. The molecular formula is C44H39Cl2N5O3. The van der Waals surface area contributed by atoms with Crippen molar-refractivity contribution in [2.45, 2.75) is 37.8 Å². The van der Waals surface area contributed by atoms with Gasteiger partial charge in [-0.05, 0) is 65.4 Å². The van der Waals surface area contributed by atoms with E-state index >= 15 is 0 Å². The van der Waals surface area contributed by atoms with Gasteiger partial charge in [-0.25, -0.2) is 9.48 Å². The molecular weight excluding hydrogens is 717 g/mol. The number of nitrogens with one attached hydrogen (secondary N) is 1. The second-order valence-electron chi connectivity index (χ2n) is 13.9. The summed E-state index contributed by atoms with van der Waals surface area (Å²) >= 11 is 13.0. The van der Waals surface area contributed by atoms with E-state index in [9.17, 15) is 14.9 Å². The summed E-state index contributed by atoms with van der Waals surface area (Å²) in [4.78, 5) is 28.8. The highest BCUT2D eigenvalue weighted by Crippen LogP contribution is 2.44. The fourth-order valence-electron chi connectivity index (χ4n) is 7.24. The molecule has 0 saturated carbocycles. The average Bonchev–Trinajstić information content (AvgIpc) is 3.56. The summed E-state index contributed by atoms with van der Waals surface area (Å²) in [5.74, 6) is -0.465. The molecule has 54 heavy (non-hydrogen) atoms. The summed E-state index contributed by atoms with van der Waals surface area (Å²) in [6.07, 6.45) is 0.691. The summed E-state index contributed by atoms with van der Waals surface area (Å²) in [7, 11) is 0. The number of nitriles is 1. The Bertz CT molecular complexity index is 2230. The number of anilines is 1. The van der Waals surface area contributed by atoms with Crippen molar-refractivity contribution in [2.24, 2.45) is 11.8 Å². The summed E-state index contributed by atoms with van der Waals surface area (Å²) in [6.45, 7) is 4.42. The first kappa shape index (κ1) is 36.7. The normalized spacial score (nSPS) is 15.1. The number of alkyl halides is 1. The average molecular weight is 757 g/mol. The van der Waals surface area contributed by atoms with Crippen molar-refractivity contribution in [2.75, 3.05) is 18.4 Å². The van der Waals surface area contributed by atoms with Crippen molar-refractivity contribution >= 4 is 51.9 Å². The fourth-order valence-corrected chi connectivity index (χ4v) is 7.54.